The minimum atomic E-state index is -1.75. The van der Waals surface area contributed by atoms with Crippen LogP contribution in [0.25, 0.3) is 0 Å². The molecule has 4 unspecified atom stereocenters. The van der Waals surface area contributed by atoms with Crippen LogP contribution in [-0.4, -0.2) is 33.7 Å². The van der Waals surface area contributed by atoms with Crippen LogP contribution in [-0.2, 0) is 0 Å². The molecule has 0 saturated heterocycles. The Bertz CT molecular complexity index is 235. The van der Waals surface area contributed by atoms with E-state index in [4.69, 9.17) is 15.3 Å². The molecule has 0 heterocycles. The molecule has 0 aromatic carbocycles. The summed E-state index contributed by atoms with van der Waals surface area (Å²) in [6.07, 6.45) is 5.16. The molecule has 0 bridgehead atoms. The number of hydrogen-bond donors (Lipinski definition) is 0. The average molecular weight is 304 g/mol. The zero-order valence-electron chi connectivity index (χ0n) is 15.3. The van der Waals surface area contributed by atoms with Gasteiger partial charge in [0.1, 0.15) is 0 Å². The minimum Gasteiger partial charge on any atom is -0.356 e. The lowest BCUT2D eigenvalue weighted by molar-refractivity contribution is -1.01. The molecule has 0 N–H and O–H groups in total. The van der Waals surface area contributed by atoms with E-state index in [1.54, 1.807) is 0 Å². The van der Waals surface area contributed by atoms with E-state index >= 15 is 0 Å². The first-order valence-electron chi connectivity index (χ1n) is 8.35. The van der Waals surface area contributed by atoms with Crippen LogP contribution in [0, 0.1) is 15.3 Å². The van der Waals surface area contributed by atoms with E-state index in [0.717, 1.165) is 24.2 Å². The Labute approximate surface area is 131 Å². The van der Waals surface area contributed by atoms with Crippen LogP contribution in [0.15, 0.2) is 0 Å². The first-order chi connectivity index (χ1) is 9.66. The van der Waals surface area contributed by atoms with Gasteiger partial charge in [-0.15, -0.1) is 0 Å². The lowest BCUT2D eigenvalue weighted by Crippen LogP contribution is -2.68. The molecule has 0 aliphatic rings. The topological polar surface area (TPSA) is 66.2 Å². The number of hydrogen-bond acceptors (Lipinski definition) is 3. The maximum atomic E-state index is 8.25. The second-order valence-corrected chi connectivity index (χ2v) is 6.15. The zero-order chi connectivity index (χ0) is 17.2. The molecular formula is C16H36N2O3. The quantitative estimate of drug-likeness (QED) is 0.369. The highest BCUT2D eigenvalue weighted by atomic mass is 16.9. The minimum absolute atomic E-state index is 0.773. The third-order valence-electron chi connectivity index (χ3n) is 5.42. The van der Waals surface area contributed by atoms with Gasteiger partial charge in [-0.05, 0) is 53.4 Å². The molecule has 0 aromatic heterocycles. The van der Waals surface area contributed by atoms with Crippen molar-refractivity contribution < 1.29 is 9.57 Å². The Morgan fingerprint density at radius 1 is 0.714 bits per heavy atom. The molecule has 4 atom stereocenters. The maximum absolute atomic E-state index is 8.25. The van der Waals surface area contributed by atoms with Gasteiger partial charge in [-0.25, -0.2) is 0 Å². The fourth-order valence-electron chi connectivity index (χ4n) is 3.87. The van der Waals surface area contributed by atoms with E-state index < -0.39 is 5.09 Å². The summed E-state index contributed by atoms with van der Waals surface area (Å²) in [6.45, 7) is 19.3. The first kappa shape index (κ1) is 22.4. The van der Waals surface area contributed by atoms with Crippen LogP contribution in [0.5, 0.6) is 0 Å². The van der Waals surface area contributed by atoms with Crippen LogP contribution in [0.4, 0.5) is 0 Å². The standard InChI is InChI=1S/C16H36N.NO3/c1-9-13(5)17(14(6)10-2,15(7)11-3)16(8)12-4;2-1(3)4/h13-16H,9-12H2,1-8H3;/q+1;-1. The SMILES string of the molecule is CCC(C)[N+](C(C)CC)(C(C)CC)C(C)CC.O=[N+]([O-])[O-]. The molecule has 0 radical (unpaired) electrons. The van der Waals surface area contributed by atoms with E-state index in [9.17, 15) is 0 Å². The molecule has 21 heavy (non-hydrogen) atoms. The van der Waals surface area contributed by atoms with Crippen molar-refractivity contribution in [3.8, 4) is 0 Å². The third kappa shape index (κ3) is 5.81. The summed E-state index contributed by atoms with van der Waals surface area (Å²) in [4.78, 5) is 8.25. The normalized spacial score (nSPS) is 19.4. The third-order valence-corrected chi connectivity index (χ3v) is 5.42. The second kappa shape index (κ2) is 10.8. The van der Waals surface area contributed by atoms with Crippen molar-refractivity contribution in [2.24, 2.45) is 0 Å². The Balaban J connectivity index is 0. The molecule has 0 saturated carbocycles. The highest BCUT2D eigenvalue weighted by molar-refractivity contribution is 4.69. The van der Waals surface area contributed by atoms with Gasteiger partial charge in [-0.1, -0.05) is 27.7 Å². The fourth-order valence-corrected chi connectivity index (χ4v) is 3.87. The van der Waals surface area contributed by atoms with Gasteiger partial charge < -0.3 is 19.8 Å². The predicted octanol–water partition coefficient (Wildman–Crippen LogP) is 4.76. The molecule has 0 aliphatic carbocycles. The van der Waals surface area contributed by atoms with Gasteiger partial charge in [-0.2, -0.15) is 0 Å². The first-order valence-corrected chi connectivity index (χ1v) is 8.35. The van der Waals surface area contributed by atoms with Crippen LogP contribution in [0.1, 0.15) is 81.1 Å². The van der Waals surface area contributed by atoms with E-state index in [0.29, 0.717) is 0 Å². The van der Waals surface area contributed by atoms with Crippen LogP contribution in [0.2, 0.25) is 0 Å². The Morgan fingerprint density at radius 3 is 0.952 bits per heavy atom. The highest BCUT2D eigenvalue weighted by Gasteiger charge is 2.45. The Morgan fingerprint density at radius 2 is 0.857 bits per heavy atom. The van der Waals surface area contributed by atoms with Gasteiger partial charge >= 0.3 is 0 Å². The molecule has 5 nitrogen and oxygen atoms in total. The van der Waals surface area contributed by atoms with Crippen molar-refractivity contribution in [2.75, 3.05) is 0 Å². The van der Waals surface area contributed by atoms with Gasteiger partial charge in [-0.3, -0.25) is 0 Å². The average Bonchev–Trinajstić information content (AvgIpc) is 2.45. The molecule has 0 aliphatic heterocycles. The van der Waals surface area contributed by atoms with E-state index in [1.165, 1.54) is 30.2 Å². The molecule has 0 fully saturated rings. The lowest BCUT2D eigenvalue weighted by atomic mass is 9.93. The summed E-state index contributed by atoms with van der Waals surface area (Å²) in [7, 11) is 0. The number of nitrogens with zero attached hydrogens (tertiary/aromatic N) is 2. The van der Waals surface area contributed by atoms with Crippen LogP contribution < -0.4 is 0 Å². The predicted molar refractivity (Wildman–Crippen MR) is 89.6 cm³/mol. The van der Waals surface area contributed by atoms with Crippen molar-refractivity contribution >= 4 is 0 Å². The molecule has 0 rings (SSSR count). The van der Waals surface area contributed by atoms with Crippen molar-refractivity contribution in [1.29, 1.82) is 0 Å². The Hall–Kier alpha value is -0.840. The van der Waals surface area contributed by atoms with E-state index in [2.05, 4.69) is 55.4 Å². The molecule has 0 spiro atoms. The van der Waals surface area contributed by atoms with Crippen molar-refractivity contribution in [2.45, 2.75) is 105 Å². The summed E-state index contributed by atoms with van der Waals surface area (Å²) in [6, 6.07) is 3.09. The zero-order valence-corrected chi connectivity index (χ0v) is 15.3. The molecule has 128 valence electrons. The smallest absolute Gasteiger partial charge is 0.0865 e. The summed E-state index contributed by atoms with van der Waals surface area (Å²) in [5.74, 6) is 0. The lowest BCUT2D eigenvalue weighted by Gasteiger charge is -2.55. The summed E-state index contributed by atoms with van der Waals surface area (Å²) in [5, 5.41) is 14.8. The molecule has 0 amide bonds. The van der Waals surface area contributed by atoms with Gasteiger partial charge in [0.25, 0.3) is 0 Å². The monoisotopic (exact) mass is 304 g/mol. The van der Waals surface area contributed by atoms with E-state index in [1.807, 2.05) is 0 Å². The largest absolute Gasteiger partial charge is 0.356 e. The number of rotatable bonds is 8. The highest BCUT2D eigenvalue weighted by Crippen LogP contribution is 2.34. The van der Waals surface area contributed by atoms with Gasteiger partial charge in [0.15, 0.2) is 0 Å². The van der Waals surface area contributed by atoms with Crippen LogP contribution in [0.3, 0.4) is 0 Å². The van der Waals surface area contributed by atoms with E-state index in [-0.39, 0.29) is 0 Å². The maximum Gasteiger partial charge on any atom is 0.0865 e. The molecular weight excluding hydrogens is 268 g/mol. The van der Waals surface area contributed by atoms with Gasteiger partial charge in [0.2, 0.25) is 0 Å². The van der Waals surface area contributed by atoms with Gasteiger partial charge in [0.05, 0.1) is 29.3 Å². The van der Waals surface area contributed by atoms with Crippen molar-refractivity contribution in [3.63, 3.8) is 0 Å². The summed E-state index contributed by atoms with van der Waals surface area (Å²) < 4.78 is 1.32. The molecule has 5 heteroatoms. The van der Waals surface area contributed by atoms with Crippen molar-refractivity contribution in [3.05, 3.63) is 15.3 Å². The second-order valence-electron chi connectivity index (χ2n) is 6.15. The van der Waals surface area contributed by atoms with Crippen molar-refractivity contribution in [1.82, 2.24) is 0 Å². The summed E-state index contributed by atoms with van der Waals surface area (Å²) in [5.41, 5.74) is 0. The number of quaternary nitrogens is 1. The molecule has 0 aromatic rings. The summed E-state index contributed by atoms with van der Waals surface area (Å²) >= 11 is 0. The van der Waals surface area contributed by atoms with Crippen LogP contribution >= 0.6 is 0 Å². The van der Waals surface area contributed by atoms with Gasteiger partial charge in [0, 0.05) is 0 Å². The Kier molecular flexibility index (Phi) is 11.6. The fraction of sp³-hybridized carbons (Fsp3) is 1.00.